The van der Waals surface area contributed by atoms with E-state index < -0.39 is 17.9 Å². The molecule has 2 rings (SSSR count). The van der Waals surface area contributed by atoms with Crippen molar-refractivity contribution in [1.82, 2.24) is 5.32 Å². The van der Waals surface area contributed by atoms with Gasteiger partial charge in [0.25, 0.3) is 0 Å². The summed E-state index contributed by atoms with van der Waals surface area (Å²) >= 11 is 0. The van der Waals surface area contributed by atoms with Crippen LogP contribution in [0.5, 0.6) is 5.75 Å². The minimum absolute atomic E-state index is 0.245. The van der Waals surface area contributed by atoms with Crippen LogP contribution in [0.1, 0.15) is 90.5 Å². The number of hydrogen-bond acceptors (Lipinski definition) is 6. The number of methoxy groups -OCH3 is 1. The molecule has 1 aromatic rings. The molecule has 1 aliphatic heterocycles. The zero-order valence-electron chi connectivity index (χ0n) is 21.5. The van der Waals surface area contributed by atoms with Crippen molar-refractivity contribution in [1.29, 1.82) is 0 Å². The minimum atomic E-state index is -0.637. The number of dihydropyridines is 1. The standard InChI is InChI=1S/C28H41NO5/c1-6-8-9-10-11-12-13-16-19-34-28(31)25-21(4)29-20(3)24(27(30)33-7-2)26(25)22-17-14-15-18-23(22)32-5/h14-15,17-18,26,29H,6-13,16,19H2,1-5H3. The molecule has 0 amide bonds. The third-order valence-electron chi connectivity index (χ3n) is 6.16. The van der Waals surface area contributed by atoms with Gasteiger partial charge in [-0.15, -0.1) is 0 Å². The van der Waals surface area contributed by atoms with Crippen LogP contribution >= 0.6 is 0 Å². The zero-order valence-corrected chi connectivity index (χ0v) is 21.5. The Kier molecular flexibility index (Phi) is 11.7. The van der Waals surface area contributed by atoms with Crippen LogP contribution in [0, 0.1) is 0 Å². The summed E-state index contributed by atoms with van der Waals surface area (Å²) < 4.78 is 16.6. The predicted octanol–water partition coefficient (Wildman–Crippen LogP) is 6.18. The molecule has 0 aromatic heterocycles. The Morgan fingerprint density at radius 2 is 1.38 bits per heavy atom. The number of nitrogens with one attached hydrogen (secondary N) is 1. The Labute approximate surface area is 204 Å². The van der Waals surface area contributed by atoms with Crippen molar-refractivity contribution in [2.24, 2.45) is 0 Å². The number of para-hydroxylation sites is 1. The number of benzene rings is 1. The van der Waals surface area contributed by atoms with Crippen molar-refractivity contribution in [3.63, 3.8) is 0 Å². The van der Waals surface area contributed by atoms with Crippen molar-refractivity contribution in [2.45, 2.75) is 85.0 Å². The lowest BCUT2D eigenvalue weighted by Gasteiger charge is -2.31. The number of hydrogen-bond donors (Lipinski definition) is 1. The maximum Gasteiger partial charge on any atom is 0.336 e. The summed E-state index contributed by atoms with van der Waals surface area (Å²) in [5.74, 6) is -0.907. The first kappa shape index (κ1) is 27.5. The topological polar surface area (TPSA) is 73.9 Å². The number of rotatable bonds is 14. The third-order valence-corrected chi connectivity index (χ3v) is 6.16. The molecule has 1 aliphatic rings. The molecule has 0 saturated carbocycles. The van der Waals surface area contributed by atoms with Gasteiger partial charge in [0, 0.05) is 17.0 Å². The highest BCUT2D eigenvalue weighted by Gasteiger charge is 2.39. The highest BCUT2D eigenvalue weighted by molar-refractivity contribution is 6.00. The molecule has 0 fully saturated rings. The fraction of sp³-hybridized carbons (Fsp3) is 0.571. The monoisotopic (exact) mass is 471 g/mol. The first-order chi connectivity index (χ1) is 16.5. The van der Waals surface area contributed by atoms with Gasteiger partial charge in [0.1, 0.15) is 5.75 Å². The summed E-state index contributed by atoms with van der Waals surface area (Å²) in [6, 6.07) is 7.44. The van der Waals surface area contributed by atoms with Gasteiger partial charge in [0.05, 0.1) is 37.4 Å². The van der Waals surface area contributed by atoms with Gasteiger partial charge in [-0.3, -0.25) is 0 Å². The number of ether oxygens (including phenoxy) is 3. The molecule has 34 heavy (non-hydrogen) atoms. The van der Waals surface area contributed by atoms with Crippen LogP contribution in [-0.4, -0.2) is 32.3 Å². The van der Waals surface area contributed by atoms with E-state index in [1.54, 1.807) is 14.0 Å². The number of carbonyl (C=O) groups is 2. The van der Waals surface area contributed by atoms with Crippen LogP contribution in [0.4, 0.5) is 0 Å². The van der Waals surface area contributed by atoms with Gasteiger partial charge in [-0.1, -0.05) is 70.1 Å². The number of unbranched alkanes of at least 4 members (excludes halogenated alkanes) is 7. The lowest BCUT2D eigenvalue weighted by Crippen LogP contribution is -2.32. The van der Waals surface area contributed by atoms with Crippen LogP contribution in [0.3, 0.4) is 0 Å². The van der Waals surface area contributed by atoms with Crippen LogP contribution in [0.2, 0.25) is 0 Å². The second-order valence-corrected chi connectivity index (χ2v) is 8.71. The van der Waals surface area contributed by atoms with Crippen molar-refractivity contribution in [3.8, 4) is 5.75 Å². The van der Waals surface area contributed by atoms with Gasteiger partial charge in [-0.05, 0) is 33.3 Å². The van der Waals surface area contributed by atoms with Crippen LogP contribution in [0.25, 0.3) is 0 Å². The maximum absolute atomic E-state index is 13.3. The molecular weight excluding hydrogens is 430 g/mol. The number of allylic oxidation sites excluding steroid dienone is 2. The van der Waals surface area contributed by atoms with E-state index in [4.69, 9.17) is 14.2 Å². The van der Waals surface area contributed by atoms with Crippen molar-refractivity contribution < 1.29 is 23.8 Å². The molecular formula is C28H41NO5. The Morgan fingerprint density at radius 3 is 1.97 bits per heavy atom. The van der Waals surface area contributed by atoms with E-state index in [2.05, 4.69) is 12.2 Å². The molecule has 0 bridgehead atoms. The van der Waals surface area contributed by atoms with Crippen molar-refractivity contribution in [2.75, 3.05) is 20.3 Å². The molecule has 188 valence electrons. The molecule has 0 saturated heterocycles. The number of carbonyl (C=O) groups excluding carboxylic acids is 2. The fourth-order valence-corrected chi connectivity index (χ4v) is 4.44. The van der Waals surface area contributed by atoms with Crippen LogP contribution in [0.15, 0.2) is 46.8 Å². The molecule has 6 heteroatoms. The highest BCUT2D eigenvalue weighted by Crippen LogP contribution is 2.42. The SMILES string of the molecule is CCCCCCCCCCOC(=O)C1=C(C)NC(C)=C(C(=O)OCC)C1c1ccccc1OC. The van der Waals surface area contributed by atoms with Gasteiger partial charge in [-0.25, -0.2) is 9.59 Å². The summed E-state index contributed by atoms with van der Waals surface area (Å²) in [5, 5.41) is 3.19. The van der Waals surface area contributed by atoms with Crippen molar-refractivity contribution in [3.05, 3.63) is 52.4 Å². The van der Waals surface area contributed by atoms with Gasteiger partial charge in [-0.2, -0.15) is 0 Å². The second kappa shape index (κ2) is 14.5. The Morgan fingerprint density at radius 1 is 0.824 bits per heavy atom. The second-order valence-electron chi connectivity index (χ2n) is 8.71. The Hall–Kier alpha value is -2.76. The van der Waals surface area contributed by atoms with E-state index in [1.165, 1.54) is 32.1 Å². The number of esters is 2. The quantitative estimate of drug-likeness (QED) is 0.258. The van der Waals surface area contributed by atoms with E-state index in [0.29, 0.717) is 34.9 Å². The van der Waals surface area contributed by atoms with Gasteiger partial charge < -0.3 is 19.5 Å². The average molecular weight is 472 g/mol. The van der Waals surface area contributed by atoms with E-state index in [1.807, 2.05) is 38.1 Å². The molecule has 1 aromatic carbocycles. The van der Waals surface area contributed by atoms with Crippen LogP contribution in [-0.2, 0) is 19.1 Å². The summed E-state index contributed by atoms with van der Waals surface area (Å²) in [6.07, 6.45) is 9.38. The highest BCUT2D eigenvalue weighted by atomic mass is 16.5. The minimum Gasteiger partial charge on any atom is -0.496 e. The molecule has 0 spiro atoms. The Balaban J connectivity index is 2.17. The van der Waals surface area contributed by atoms with Gasteiger partial charge in [0.15, 0.2) is 0 Å². The fourth-order valence-electron chi connectivity index (χ4n) is 4.44. The predicted molar refractivity (Wildman–Crippen MR) is 134 cm³/mol. The lowest BCUT2D eigenvalue weighted by molar-refractivity contribution is -0.140. The van der Waals surface area contributed by atoms with Crippen LogP contribution < -0.4 is 10.1 Å². The molecule has 0 aliphatic carbocycles. The van der Waals surface area contributed by atoms with Gasteiger partial charge in [0.2, 0.25) is 0 Å². The van der Waals surface area contributed by atoms with E-state index >= 15 is 0 Å². The normalized spacial score (nSPS) is 15.7. The molecule has 1 atom stereocenters. The summed E-state index contributed by atoms with van der Waals surface area (Å²) in [6.45, 7) is 8.25. The lowest BCUT2D eigenvalue weighted by atomic mass is 9.80. The van der Waals surface area contributed by atoms with Gasteiger partial charge >= 0.3 is 11.9 Å². The average Bonchev–Trinajstić information content (AvgIpc) is 2.82. The zero-order chi connectivity index (χ0) is 24.9. The summed E-state index contributed by atoms with van der Waals surface area (Å²) in [5.41, 5.74) is 2.87. The van der Waals surface area contributed by atoms with Crippen molar-refractivity contribution >= 4 is 11.9 Å². The summed E-state index contributed by atoms with van der Waals surface area (Å²) in [7, 11) is 1.58. The molecule has 1 unspecified atom stereocenters. The Bertz CT molecular complexity index is 887. The molecule has 1 N–H and O–H groups in total. The maximum atomic E-state index is 13.3. The first-order valence-electron chi connectivity index (χ1n) is 12.6. The summed E-state index contributed by atoms with van der Waals surface area (Å²) in [4.78, 5) is 26.3. The third kappa shape index (κ3) is 7.37. The smallest absolute Gasteiger partial charge is 0.336 e. The van der Waals surface area contributed by atoms with E-state index in [9.17, 15) is 9.59 Å². The molecule has 1 heterocycles. The first-order valence-corrected chi connectivity index (χ1v) is 12.6. The van der Waals surface area contributed by atoms with E-state index in [0.717, 1.165) is 24.8 Å². The largest absolute Gasteiger partial charge is 0.496 e. The van der Waals surface area contributed by atoms with E-state index in [-0.39, 0.29) is 6.61 Å². The molecule has 6 nitrogen and oxygen atoms in total. The molecule has 0 radical (unpaired) electrons.